The van der Waals surface area contributed by atoms with E-state index in [0.29, 0.717) is 0 Å². The molecule has 0 aromatic carbocycles. The lowest BCUT2D eigenvalue weighted by atomic mass is 10.2. The van der Waals surface area contributed by atoms with Crippen LogP contribution in [0.5, 0.6) is 0 Å². The average Bonchev–Trinajstić information content (AvgIpc) is 1.89. The summed E-state index contributed by atoms with van der Waals surface area (Å²) in [6, 6.07) is 0. The van der Waals surface area contributed by atoms with Gasteiger partial charge in [0.05, 0.1) is 0 Å². The Morgan fingerprint density at radius 2 is 1.78 bits per heavy atom. The van der Waals surface area contributed by atoms with Crippen molar-refractivity contribution in [1.82, 2.24) is 0 Å². The van der Waals surface area contributed by atoms with Gasteiger partial charge in [-0.2, -0.15) is 0 Å². The lowest BCUT2D eigenvalue weighted by Gasteiger charge is -1.96. The molecule has 0 atom stereocenters. The molecule has 0 bridgehead atoms. The largest absolute Gasteiger partial charge is 0.385 e. The van der Waals surface area contributed by atoms with Crippen molar-refractivity contribution in [3.8, 4) is 0 Å². The monoisotopic (exact) mass is 242 g/mol. The minimum atomic E-state index is 0.932. The molecule has 0 spiro atoms. The van der Waals surface area contributed by atoms with Crippen molar-refractivity contribution in [2.75, 3.05) is 18.1 Å². The summed E-state index contributed by atoms with van der Waals surface area (Å²) in [6.07, 6.45) is 5.29. The van der Waals surface area contributed by atoms with E-state index in [0.717, 1.165) is 6.61 Å². The van der Waals surface area contributed by atoms with Crippen LogP contribution in [-0.4, -0.2) is 18.1 Å². The van der Waals surface area contributed by atoms with Crippen LogP contribution >= 0.6 is 22.6 Å². The second kappa shape index (κ2) is 8.69. The van der Waals surface area contributed by atoms with Crippen molar-refractivity contribution in [3.05, 3.63) is 0 Å². The molecular formula is C7H15IO. The molecule has 0 aliphatic heterocycles. The number of hydrogen-bond acceptors (Lipinski definition) is 1. The van der Waals surface area contributed by atoms with Crippen molar-refractivity contribution in [2.45, 2.75) is 25.7 Å². The minimum absolute atomic E-state index is 0.932. The van der Waals surface area contributed by atoms with Crippen LogP contribution in [0.2, 0.25) is 0 Å². The quantitative estimate of drug-likeness (QED) is 0.395. The van der Waals surface area contributed by atoms with Crippen LogP contribution in [0.4, 0.5) is 0 Å². The van der Waals surface area contributed by atoms with E-state index in [1.54, 1.807) is 7.11 Å². The number of hydrogen-bond donors (Lipinski definition) is 0. The standard InChI is InChI=1S/C7H15IO/c1-9-7-5-3-2-4-6-8/h2-7H2,1H3. The second-order valence-electron chi connectivity index (χ2n) is 2.10. The maximum absolute atomic E-state index is 4.92. The van der Waals surface area contributed by atoms with Gasteiger partial charge in [0.1, 0.15) is 0 Å². The van der Waals surface area contributed by atoms with Crippen molar-refractivity contribution >= 4 is 22.6 Å². The highest BCUT2D eigenvalue weighted by atomic mass is 127. The third-order valence-corrected chi connectivity index (χ3v) is 1.99. The molecule has 0 saturated carbocycles. The van der Waals surface area contributed by atoms with Crippen LogP contribution in [0.3, 0.4) is 0 Å². The van der Waals surface area contributed by atoms with Gasteiger partial charge >= 0.3 is 0 Å². The molecule has 0 amide bonds. The Morgan fingerprint density at radius 1 is 1.11 bits per heavy atom. The van der Waals surface area contributed by atoms with Gasteiger partial charge in [0.15, 0.2) is 0 Å². The number of rotatable bonds is 6. The fourth-order valence-electron chi connectivity index (χ4n) is 0.694. The van der Waals surface area contributed by atoms with E-state index in [-0.39, 0.29) is 0 Å². The van der Waals surface area contributed by atoms with Gasteiger partial charge < -0.3 is 4.74 Å². The maximum Gasteiger partial charge on any atom is 0.0462 e. The molecule has 0 fully saturated rings. The van der Waals surface area contributed by atoms with Crippen LogP contribution in [0.25, 0.3) is 0 Å². The van der Waals surface area contributed by atoms with E-state index in [1.165, 1.54) is 30.1 Å². The Kier molecular flexibility index (Phi) is 9.36. The fourth-order valence-corrected chi connectivity index (χ4v) is 1.23. The van der Waals surface area contributed by atoms with Crippen LogP contribution in [0.1, 0.15) is 25.7 Å². The highest BCUT2D eigenvalue weighted by molar-refractivity contribution is 14.1. The molecule has 0 heterocycles. The normalized spacial score (nSPS) is 10.0. The molecule has 0 aromatic rings. The number of halogens is 1. The van der Waals surface area contributed by atoms with E-state index in [4.69, 9.17) is 4.74 Å². The lowest BCUT2D eigenvalue weighted by molar-refractivity contribution is 0.192. The summed E-state index contributed by atoms with van der Waals surface area (Å²) < 4.78 is 6.22. The van der Waals surface area contributed by atoms with E-state index in [2.05, 4.69) is 22.6 Å². The molecule has 0 aliphatic carbocycles. The first kappa shape index (κ1) is 9.69. The second-order valence-corrected chi connectivity index (χ2v) is 3.17. The number of methoxy groups -OCH3 is 1. The topological polar surface area (TPSA) is 9.23 Å². The molecule has 0 aliphatic rings. The summed E-state index contributed by atoms with van der Waals surface area (Å²) >= 11 is 2.42. The SMILES string of the molecule is COCCCCCCI. The third kappa shape index (κ3) is 8.69. The van der Waals surface area contributed by atoms with Gasteiger partial charge in [-0.15, -0.1) is 0 Å². The van der Waals surface area contributed by atoms with Crippen molar-refractivity contribution < 1.29 is 4.74 Å². The Morgan fingerprint density at radius 3 is 2.33 bits per heavy atom. The smallest absolute Gasteiger partial charge is 0.0462 e. The Bertz CT molecular complexity index is 42.2. The van der Waals surface area contributed by atoms with Gasteiger partial charge in [0.25, 0.3) is 0 Å². The predicted octanol–water partition coefficient (Wildman–Crippen LogP) is 2.63. The predicted molar refractivity (Wildman–Crippen MR) is 49.2 cm³/mol. The highest BCUT2D eigenvalue weighted by Gasteiger charge is 1.86. The summed E-state index contributed by atoms with van der Waals surface area (Å²) in [6.45, 7) is 0.932. The van der Waals surface area contributed by atoms with Crippen LogP contribution < -0.4 is 0 Å². The molecule has 9 heavy (non-hydrogen) atoms. The summed E-state index contributed by atoms with van der Waals surface area (Å²) in [5.74, 6) is 0. The zero-order valence-electron chi connectivity index (χ0n) is 6.03. The highest BCUT2D eigenvalue weighted by Crippen LogP contribution is 2.01. The van der Waals surface area contributed by atoms with Crippen molar-refractivity contribution in [1.29, 1.82) is 0 Å². The summed E-state index contributed by atoms with van der Waals surface area (Å²) in [5.41, 5.74) is 0. The Balaban J connectivity index is 2.60. The number of unbranched alkanes of at least 4 members (excludes halogenated alkanes) is 3. The Hall–Kier alpha value is 0.690. The first-order valence-electron chi connectivity index (χ1n) is 3.46. The number of alkyl halides is 1. The molecule has 0 aromatic heterocycles. The molecule has 1 nitrogen and oxygen atoms in total. The van der Waals surface area contributed by atoms with Gasteiger partial charge in [0.2, 0.25) is 0 Å². The van der Waals surface area contributed by atoms with Crippen molar-refractivity contribution in [2.24, 2.45) is 0 Å². The summed E-state index contributed by atoms with van der Waals surface area (Å²) in [7, 11) is 1.76. The molecule has 2 heteroatoms. The van der Waals surface area contributed by atoms with E-state index >= 15 is 0 Å². The van der Waals surface area contributed by atoms with Gasteiger partial charge in [-0.05, 0) is 17.3 Å². The average molecular weight is 242 g/mol. The zero-order valence-corrected chi connectivity index (χ0v) is 8.19. The molecule has 0 radical (unpaired) electrons. The van der Waals surface area contributed by atoms with Gasteiger partial charge in [0, 0.05) is 13.7 Å². The molecular weight excluding hydrogens is 227 g/mol. The van der Waals surface area contributed by atoms with E-state index < -0.39 is 0 Å². The summed E-state index contributed by atoms with van der Waals surface area (Å²) in [5, 5.41) is 0. The first-order valence-corrected chi connectivity index (χ1v) is 4.99. The maximum atomic E-state index is 4.92. The molecule has 0 N–H and O–H groups in total. The summed E-state index contributed by atoms with van der Waals surface area (Å²) in [4.78, 5) is 0. The molecule has 0 unspecified atom stereocenters. The molecule has 0 saturated heterocycles. The van der Waals surface area contributed by atoms with Crippen LogP contribution in [0.15, 0.2) is 0 Å². The minimum Gasteiger partial charge on any atom is -0.385 e. The van der Waals surface area contributed by atoms with Gasteiger partial charge in [-0.3, -0.25) is 0 Å². The molecule has 56 valence electrons. The number of ether oxygens (including phenoxy) is 1. The van der Waals surface area contributed by atoms with Crippen LogP contribution in [-0.2, 0) is 4.74 Å². The van der Waals surface area contributed by atoms with Crippen molar-refractivity contribution in [3.63, 3.8) is 0 Å². The zero-order chi connectivity index (χ0) is 6.95. The van der Waals surface area contributed by atoms with Gasteiger partial charge in [-0.25, -0.2) is 0 Å². The lowest BCUT2D eigenvalue weighted by Crippen LogP contribution is -1.87. The molecule has 0 rings (SSSR count). The van der Waals surface area contributed by atoms with Gasteiger partial charge in [-0.1, -0.05) is 35.4 Å². The third-order valence-electron chi connectivity index (χ3n) is 1.23. The van der Waals surface area contributed by atoms with E-state index in [1.807, 2.05) is 0 Å². The first-order chi connectivity index (χ1) is 4.41. The van der Waals surface area contributed by atoms with Crippen LogP contribution in [0, 0.1) is 0 Å². The van der Waals surface area contributed by atoms with E-state index in [9.17, 15) is 0 Å². The fraction of sp³-hybridized carbons (Fsp3) is 1.00. The Labute approximate surface area is 71.3 Å².